The molecule has 1 atom stereocenters. The molecule has 0 spiro atoms. The van der Waals surface area contributed by atoms with E-state index >= 15 is 0 Å². The quantitative estimate of drug-likeness (QED) is 0.616. The number of rotatable bonds is 5. The molecule has 2 amide bonds. The standard InChI is InChI=1S/C27H33N3O4/c28-22-7-4-18(5-8-22)19-10-13-30(14-11-19)26(31)21-6-9-24(20-2-1-3-20)25(16-21)29-27(32)34-23-12-15-33-17-23/h4-9,16,19-20,23H,1-3,10-15,17,28H2,(H,29,32)/t23-/m1/s1. The van der Waals surface area contributed by atoms with Gasteiger partial charge in [0, 0.05) is 36.4 Å². The molecular formula is C27H33N3O4. The summed E-state index contributed by atoms with van der Waals surface area (Å²) in [6.07, 6.45) is 5.28. The molecule has 3 N–H and O–H groups in total. The molecule has 7 nitrogen and oxygen atoms in total. The number of piperidine rings is 1. The molecule has 3 fully saturated rings. The number of amides is 2. The SMILES string of the molecule is Nc1ccc(C2CCN(C(=O)c3ccc(C4CCC4)c(NC(=O)O[C@@H]4CCOC4)c3)CC2)cc1. The molecule has 180 valence electrons. The second kappa shape index (κ2) is 10.1. The van der Waals surface area contributed by atoms with Crippen molar-refractivity contribution >= 4 is 23.4 Å². The van der Waals surface area contributed by atoms with Gasteiger partial charge >= 0.3 is 6.09 Å². The van der Waals surface area contributed by atoms with Crippen LogP contribution in [0.25, 0.3) is 0 Å². The minimum absolute atomic E-state index is 0.0107. The van der Waals surface area contributed by atoms with Gasteiger partial charge < -0.3 is 20.1 Å². The van der Waals surface area contributed by atoms with E-state index < -0.39 is 6.09 Å². The molecular weight excluding hydrogens is 430 g/mol. The van der Waals surface area contributed by atoms with Gasteiger partial charge in [0.2, 0.25) is 0 Å². The molecule has 7 heteroatoms. The van der Waals surface area contributed by atoms with E-state index in [-0.39, 0.29) is 12.0 Å². The van der Waals surface area contributed by atoms with E-state index in [1.54, 1.807) is 0 Å². The first-order valence-corrected chi connectivity index (χ1v) is 12.4. The Balaban J connectivity index is 1.26. The Morgan fingerprint density at radius 3 is 2.38 bits per heavy atom. The fourth-order valence-corrected chi connectivity index (χ4v) is 5.14. The highest BCUT2D eigenvalue weighted by Crippen LogP contribution is 2.40. The summed E-state index contributed by atoms with van der Waals surface area (Å²) in [7, 11) is 0. The van der Waals surface area contributed by atoms with Crippen LogP contribution in [0.1, 0.15) is 71.8 Å². The lowest BCUT2D eigenvalue weighted by Crippen LogP contribution is -2.38. The second-order valence-electron chi connectivity index (χ2n) is 9.68. The number of carbonyl (C=O) groups is 2. The van der Waals surface area contributed by atoms with Crippen LogP contribution in [0, 0.1) is 0 Å². The van der Waals surface area contributed by atoms with Crippen molar-refractivity contribution in [1.82, 2.24) is 4.90 Å². The molecule has 3 aliphatic rings. The summed E-state index contributed by atoms with van der Waals surface area (Å²) >= 11 is 0. The van der Waals surface area contributed by atoms with Gasteiger partial charge in [-0.25, -0.2) is 4.79 Å². The Bertz CT molecular complexity index is 1020. The van der Waals surface area contributed by atoms with Gasteiger partial charge in [0.1, 0.15) is 6.10 Å². The molecule has 0 radical (unpaired) electrons. The molecule has 2 heterocycles. The maximum Gasteiger partial charge on any atom is 0.411 e. The van der Waals surface area contributed by atoms with E-state index in [0.717, 1.165) is 36.9 Å². The fourth-order valence-electron chi connectivity index (χ4n) is 5.14. The average molecular weight is 464 g/mol. The van der Waals surface area contributed by atoms with E-state index in [1.807, 2.05) is 35.2 Å². The lowest BCUT2D eigenvalue weighted by molar-refractivity contribution is 0.0712. The number of nitrogens with two attached hydrogens (primary N) is 1. The van der Waals surface area contributed by atoms with E-state index in [1.165, 1.54) is 12.0 Å². The van der Waals surface area contributed by atoms with Crippen molar-refractivity contribution in [2.45, 2.75) is 56.5 Å². The maximum absolute atomic E-state index is 13.3. The van der Waals surface area contributed by atoms with E-state index in [2.05, 4.69) is 17.4 Å². The monoisotopic (exact) mass is 463 g/mol. The van der Waals surface area contributed by atoms with Gasteiger partial charge in [-0.3, -0.25) is 10.1 Å². The fraction of sp³-hybridized carbons (Fsp3) is 0.481. The minimum Gasteiger partial charge on any atom is -0.443 e. The van der Waals surface area contributed by atoms with Gasteiger partial charge in [-0.1, -0.05) is 24.6 Å². The van der Waals surface area contributed by atoms with Crippen LogP contribution < -0.4 is 11.1 Å². The van der Waals surface area contributed by atoms with Crippen molar-refractivity contribution < 1.29 is 19.1 Å². The molecule has 5 rings (SSSR count). The second-order valence-corrected chi connectivity index (χ2v) is 9.68. The van der Waals surface area contributed by atoms with Crippen LogP contribution in [0.2, 0.25) is 0 Å². The van der Waals surface area contributed by atoms with Crippen molar-refractivity contribution in [3.8, 4) is 0 Å². The first-order chi connectivity index (χ1) is 16.6. The van der Waals surface area contributed by atoms with Gasteiger partial charge in [-0.15, -0.1) is 0 Å². The van der Waals surface area contributed by atoms with Gasteiger partial charge in [-0.2, -0.15) is 0 Å². The molecule has 2 aliphatic heterocycles. The summed E-state index contributed by atoms with van der Waals surface area (Å²) in [5.74, 6) is 0.874. The maximum atomic E-state index is 13.3. The topological polar surface area (TPSA) is 93.9 Å². The number of ether oxygens (including phenoxy) is 2. The van der Waals surface area contributed by atoms with Gasteiger partial charge in [0.25, 0.3) is 5.91 Å². The highest BCUT2D eigenvalue weighted by Gasteiger charge is 2.28. The first-order valence-electron chi connectivity index (χ1n) is 12.4. The van der Waals surface area contributed by atoms with Crippen LogP contribution in [-0.2, 0) is 9.47 Å². The van der Waals surface area contributed by atoms with Crippen molar-refractivity contribution in [1.29, 1.82) is 0 Å². The Labute approximate surface area is 200 Å². The molecule has 0 unspecified atom stereocenters. The summed E-state index contributed by atoms with van der Waals surface area (Å²) in [6, 6.07) is 13.8. The number of nitrogens with zero attached hydrogens (tertiary/aromatic N) is 1. The van der Waals surface area contributed by atoms with E-state index in [0.29, 0.717) is 55.8 Å². The minimum atomic E-state index is -0.481. The van der Waals surface area contributed by atoms with Crippen molar-refractivity contribution in [2.24, 2.45) is 0 Å². The third-order valence-electron chi connectivity index (χ3n) is 7.43. The van der Waals surface area contributed by atoms with Crippen molar-refractivity contribution in [3.63, 3.8) is 0 Å². The predicted molar refractivity (Wildman–Crippen MR) is 131 cm³/mol. The summed E-state index contributed by atoms with van der Waals surface area (Å²) < 4.78 is 10.8. The number of nitrogens with one attached hydrogen (secondary N) is 1. The molecule has 0 bridgehead atoms. The highest BCUT2D eigenvalue weighted by molar-refractivity contribution is 5.97. The number of hydrogen-bond acceptors (Lipinski definition) is 5. The van der Waals surface area contributed by atoms with Crippen molar-refractivity contribution in [3.05, 3.63) is 59.2 Å². The molecule has 34 heavy (non-hydrogen) atoms. The zero-order valence-electron chi connectivity index (χ0n) is 19.5. The molecule has 2 aromatic carbocycles. The van der Waals surface area contributed by atoms with Crippen molar-refractivity contribution in [2.75, 3.05) is 37.4 Å². The zero-order valence-corrected chi connectivity index (χ0v) is 19.5. The van der Waals surface area contributed by atoms with Gasteiger partial charge in [0.15, 0.2) is 0 Å². The van der Waals surface area contributed by atoms with Crippen LogP contribution >= 0.6 is 0 Å². The third kappa shape index (κ3) is 5.04. The molecule has 1 saturated carbocycles. The highest BCUT2D eigenvalue weighted by atomic mass is 16.6. The van der Waals surface area contributed by atoms with E-state index in [9.17, 15) is 9.59 Å². The van der Waals surface area contributed by atoms with Gasteiger partial charge in [-0.05, 0) is 72.9 Å². The smallest absolute Gasteiger partial charge is 0.411 e. The molecule has 1 aliphatic carbocycles. The number of nitrogen functional groups attached to an aromatic ring is 1. The molecule has 2 saturated heterocycles. The Hall–Kier alpha value is -3.06. The number of carbonyl (C=O) groups excluding carboxylic acids is 2. The molecule has 0 aromatic heterocycles. The van der Waals surface area contributed by atoms with Gasteiger partial charge in [0.05, 0.1) is 13.2 Å². The molecule has 2 aromatic rings. The largest absolute Gasteiger partial charge is 0.443 e. The van der Waals surface area contributed by atoms with Crippen LogP contribution in [0.15, 0.2) is 42.5 Å². The Kier molecular flexibility index (Phi) is 6.72. The zero-order chi connectivity index (χ0) is 23.5. The van der Waals surface area contributed by atoms with E-state index in [4.69, 9.17) is 15.2 Å². The Morgan fingerprint density at radius 2 is 1.74 bits per heavy atom. The van der Waals surface area contributed by atoms with Crippen LogP contribution in [0.3, 0.4) is 0 Å². The van der Waals surface area contributed by atoms with Crippen LogP contribution in [-0.4, -0.2) is 49.3 Å². The predicted octanol–water partition coefficient (Wildman–Crippen LogP) is 4.89. The van der Waals surface area contributed by atoms with Crippen LogP contribution in [0.4, 0.5) is 16.2 Å². The lowest BCUT2D eigenvalue weighted by atomic mass is 9.79. The number of likely N-dealkylation sites (tertiary alicyclic amines) is 1. The summed E-state index contributed by atoms with van der Waals surface area (Å²) in [4.78, 5) is 27.8. The summed E-state index contributed by atoms with van der Waals surface area (Å²) in [5, 5.41) is 2.92. The number of anilines is 2. The normalized spacial score (nSPS) is 21.2. The number of hydrogen-bond donors (Lipinski definition) is 2. The summed E-state index contributed by atoms with van der Waals surface area (Å²) in [5.41, 5.74) is 10.2. The average Bonchev–Trinajstić information content (AvgIpc) is 3.32. The summed E-state index contributed by atoms with van der Waals surface area (Å²) in [6.45, 7) is 2.48. The Morgan fingerprint density at radius 1 is 0.971 bits per heavy atom. The third-order valence-corrected chi connectivity index (χ3v) is 7.43. The van der Waals surface area contributed by atoms with Crippen LogP contribution in [0.5, 0.6) is 0 Å². The first kappa shape index (κ1) is 22.7. The number of benzene rings is 2. The lowest BCUT2D eigenvalue weighted by Gasteiger charge is -2.33.